The molecule has 0 radical (unpaired) electrons. The lowest BCUT2D eigenvalue weighted by molar-refractivity contribution is -0.138. The molecule has 1 unspecified atom stereocenters. The summed E-state index contributed by atoms with van der Waals surface area (Å²) in [6, 6.07) is 13.3. The van der Waals surface area contributed by atoms with Gasteiger partial charge in [0, 0.05) is 31.3 Å². The highest BCUT2D eigenvalue weighted by Gasteiger charge is 2.23. The van der Waals surface area contributed by atoms with Crippen molar-refractivity contribution in [3.8, 4) is 11.3 Å². The van der Waals surface area contributed by atoms with Crippen LogP contribution in [0.2, 0.25) is 0 Å². The van der Waals surface area contributed by atoms with Crippen molar-refractivity contribution in [1.29, 1.82) is 0 Å². The first-order valence-corrected chi connectivity index (χ1v) is 11.3. The Balaban J connectivity index is 1.40. The molecule has 178 valence electrons. The topological polar surface area (TPSA) is 118 Å². The fourth-order valence-electron chi connectivity index (χ4n) is 4.12. The van der Waals surface area contributed by atoms with E-state index in [0.29, 0.717) is 22.7 Å². The molecule has 0 aliphatic carbocycles. The molecule has 4 rings (SSSR count). The molecule has 3 aromatic rings. The Morgan fingerprint density at radius 1 is 1.21 bits per heavy atom. The largest absolute Gasteiger partial charge is 0.481 e. The molecule has 1 fully saturated rings. The minimum atomic E-state index is -0.744. The van der Waals surface area contributed by atoms with Crippen molar-refractivity contribution >= 4 is 23.6 Å². The Kier molecular flexibility index (Phi) is 7.10. The number of hydrogen-bond acceptors (Lipinski definition) is 7. The fourth-order valence-corrected chi connectivity index (χ4v) is 4.12. The number of carboxylic acid groups (broad SMARTS) is 1. The molecule has 9 heteroatoms. The number of hydrogen-bond donors (Lipinski definition) is 2. The van der Waals surface area contributed by atoms with E-state index in [2.05, 4.69) is 20.4 Å². The SMILES string of the molecule is Cc1noc(-c2ccc(N3CCC(CC(=O)O)CC3)nc2)c1NC(=O)OC(C)c1ccccc1. The van der Waals surface area contributed by atoms with Gasteiger partial charge < -0.3 is 19.3 Å². The van der Waals surface area contributed by atoms with Gasteiger partial charge in [0.05, 0.1) is 0 Å². The number of rotatable bonds is 7. The van der Waals surface area contributed by atoms with Crippen molar-refractivity contribution in [2.24, 2.45) is 5.92 Å². The molecule has 0 bridgehead atoms. The molecule has 0 spiro atoms. The number of piperidine rings is 1. The number of pyridine rings is 1. The number of aliphatic carboxylic acids is 1. The fraction of sp³-hybridized carbons (Fsp3) is 0.360. The van der Waals surface area contributed by atoms with Crippen molar-refractivity contribution < 1.29 is 24.0 Å². The monoisotopic (exact) mass is 464 g/mol. The maximum Gasteiger partial charge on any atom is 0.412 e. The Bertz CT molecular complexity index is 1120. The van der Waals surface area contributed by atoms with Gasteiger partial charge in [-0.2, -0.15) is 0 Å². The average Bonchev–Trinajstić information content (AvgIpc) is 3.19. The number of carboxylic acids is 1. The first kappa shape index (κ1) is 23.3. The Morgan fingerprint density at radius 2 is 1.94 bits per heavy atom. The molecular formula is C25H28N4O5. The average molecular weight is 465 g/mol. The van der Waals surface area contributed by atoms with Gasteiger partial charge in [0.2, 0.25) is 0 Å². The zero-order chi connectivity index (χ0) is 24.1. The van der Waals surface area contributed by atoms with E-state index in [9.17, 15) is 9.59 Å². The number of aryl methyl sites for hydroxylation is 1. The molecule has 3 heterocycles. The molecular weight excluding hydrogens is 436 g/mol. The van der Waals surface area contributed by atoms with Crippen LogP contribution in [0.25, 0.3) is 11.3 Å². The van der Waals surface area contributed by atoms with Gasteiger partial charge in [-0.1, -0.05) is 35.5 Å². The van der Waals surface area contributed by atoms with Gasteiger partial charge in [0.25, 0.3) is 0 Å². The van der Waals surface area contributed by atoms with E-state index >= 15 is 0 Å². The van der Waals surface area contributed by atoms with Crippen LogP contribution in [0.1, 0.15) is 43.5 Å². The lowest BCUT2D eigenvalue weighted by Crippen LogP contribution is -2.34. The number of aromatic nitrogens is 2. The van der Waals surface area contributed by atoms with Gasteiger partial charge in [0.15, 0.2) is 5.76 Å². The number of ether oxygens (including phenoxy) is 1. The van der Waals surface area contributed by atoms with Gasteiger partial charge >= 0.3 is 12.1 Å². The van der Waals surface area contributed by atoms with Crippen molar-refractivity contribution in [3.05, 3.63) is 59.9 Å². The number of carbonyl (C=O) groups is 2. The van der Waals surface area contributed by atoms with Gasteiger partial charge in [-0.3, -0.25) is 10.1 Å². The van der Waals surface area contributed by atoms with Crippen LogP contribution in [0, 0.1) is 12.8 Å². The number of anilines is 2. The standard InChI is InChI=1S/C25H28N4O5/c1-16-23(27-25(32)33-17(2)19-6-4-3-5-7-19)24(34-28-16)20-8-9-21(26-15-20)29-12-10-18(11-13-29)14-22(30)31/h3-9,15,17-18H,10-14H2,1-2H3,(H,27,32)(H,30,31). The first-order valence-electron chi connectivity index (χ1n) is 11.3. The summed E-state index contributed by atoms with van der Waals surface area (Å²) < 4.78 is 11.0. The predicted octanol–water partition coefficient (Wildman–Crippen LogP) is 5.05. The van der Waals surface area contributed by atoms with Crippen molar-refractivity contribution in [1.82, 2.24) is 10.1 Å². The number of carbonyl (C=O) groups excluding carboxylic acids is 1. The molecule has 2 aromatic heterocycles. The number of amides is 1. The van der Waals surface area contributed by atoms with Crippen LogP contribution in [-0.4, -0.2) is 40.4 Å². The number of nitrogens with one attached hydrogen (secondary N) is 1. The summed E-state index contributed by atoms with van der Waals surface area (Å²) in [5.74, 6) is 0.690. The summed E-state index contributed by atoms with van der Waals surface area (Å²) in [6.45, 7) is 5.09. The minimum absolute atomic E-state index is 0.211. The summed E-state index contributed by atoms with van der Waals surface area (Å²) in [7, 11) is 0. The Morgan fingerprint density at radius 3 is 2.59 bits per heavy atom. The first-order chi connectivity index (χ1) is 16.4. The summed E-state index contributed by atoms with van der Waals surface area (Å²) in [6.07, 6.45) is 2.54. The summed E-state index contributed by atoms with van der Waals surface area (Å²) in [5, 5.41) is 15.7. The zero-order valence-corrected chi connectivity index (χ0v) is 19.2. The minimum Gasteiger partial charge on any atom is -0.481 e. The highest BCUT2D eigenvalue weighted by molar-refractivity contribution is 5.90. The van der Waals surface area contributed by atoms with Crippen LogP contribution in [0.4, 0.5) is 16.3 Å². The van der Waals surface area contributed by atoms with Crippen LogP contribution in [0.15, 0.2) is 53.2 Å². The number of nitrogens with zero attached hydrogens (tertiary/aromatic N) is 3. The third kappa shape index (κ3) is 5.54. The molecule has 1 amide bonds. The van der Waals surface area contributed by atoms with E-state index in [1.165, 1.54) is 0 Å². The third-order valence-electron chi connectivity index (χ3n) is 6.05. The van der Waals surface area contributed by atoms with Gasteiger partial charge in [0.1, 0.15) is 23.3 Å². The summed E-state index contributed by atoms with van der Waals surface area (Å²) >= 11 is 0. The van der Waals surface area contributed by atoms with Gasteiger partial charge in [-0.25, -0.2) is 9.78 Å². The molecule has 1 saturated heterocycles. The van der Waals surface area contributed by atoms with E-state index in [-0.39, 0.29) is 12.3 Å². The highest BCUT2D eigenvalue weighted by Crippen LogP contribution is 2.32. The molecule has 1 aromatic carbocycles. The predicted molar refractivity (Wildman–Crippen MR) is 127 cm³/mol. The molecule has 1 aliphatic heterocycles. The van der Waals surface area contributed by atoms with Crippen LogP contribution >= 0.6 is 0 Å². The van der Waals surface area contributed by atoms with E-state index in [1.54, 1.807) is 13.1 Å². The molecule has 2 N–H and O–H groups in total. The van der Waals surface area contributed by atoms with E-state index in [4.69, 9.17) is 14.4 Å². The van der Waals surface area contributed by atoms with Gasteiger partial charge in [-0.15, -0.1) is 0 Å². The van der Waals surface area contributed by atoms with Crippen LogP contribution < -0.4 is 10.2 Å². The lowest BCUT2D eigenvalue weighted by Gasteiger charge is -2.32. The van der Waals surface area contributed by atoms with Gasteiger partial charge in [-0.05, 0) is 50.3 Å². The summed E-state index contributed by atoms with van der Waals surface area (Å²) in [4.78, 5) is 30.2. The van der Waals surface area contributed by atoms with Crippen LogP contribution in [0.5, 0.6) is 0 Å². The second kappa shape index (κ2) is 10.4. The van der Waals surface area contributed by atoms with E-state index in [1.807, 2.05) is 49.4 Å². The number of benzene rings is 1. The maximum absolute atomic E-state index is 12.5. The molecule has 9 nitrogen and oxygen atoms in total. The van der Waals surface area contributed by atoms with E-state index in [0.717, 1.165) is 37.3 Å². The quantitative estimate of drug-likeness (QED) is 0.499. The molecule has 0 saturated carbocycles. The van der Waals surface area contributed by atoms with Crippen molar-refractivity contribution in [2.75, 3.05) is 23.3 Å². The van der Waals surface area contributed by atoms with Crippen LogP contribution in [0.3, 0.4) is 0 Å². The van der Waals surface area contributed by atoms with Crippen LogP contribution in [-0.2, 0) is 9.53 Å². The zero-order valence-electron chi connectivity index (χ0n) is 19.2. The highest BCUT2D eigenvalue weighted by atomic mass is 16.6. The van der Waals surface area contributed by atoms with Crippen molar-refractivity contribution in [2.45, 2.75) is 39.2 Å². The second-order valence-electron chi connectivity index (χ2n) is 8.49. The smallest absolute Gasteiger partial charge is 0.412 e. The molecule has 1 atom stereocenters. The Hall–Kier alpha value is -3.88. The summed E-state index contributed by atoms with van der Waals surface area (Å²) in [5.41, 5.74) is 2.54. The molecule has 1 aliphatic rings. The normalized spacial score (nSPS) is 15.1. The second-order valence-corrected chi connectivity index (χ2v) is 8.49. The third-order valence-corrected chi connectivity index (χ3v) is 6.05. The lowest BCUT2D eigenvalue weighted by atomic mass is 9.93. The van der Waals surface area contributed by atoms with E-state index < -0.39 is 18.2 Å². The Labute approximate surface area is 197 Å². The van der Waals surface area contributed by atoms with Crippen molar-refractivity contribution in [3.63, 3.8) is 0 Å². The maximum atomic E-state index is 12.5. The molecule has 34 heavy (non-hydrogen) atoms.